The molecule has 0 amide bonds. The summed E-state index contributed by atoms with van der Waals surface area (Å²) in [7, 11) is 0. The van der Waals surface area contributed by atoms with Crippen LogP contribution < -0.4 is 0 Å². The summed E-state index contributed by atoms with van der Waals surface area (Å²) in [6, 6.07) is 8.02. The number of aliphatic imine (C=N–C) groups is 1. The fourth-order valence-corrected chi connectivity index (χ4v) is 1.41. The van der Waals surface area contributed by atoms with Crippen molar-refractivity contribution in [3.8, 4) is 0 Å². The zero-order valence-electron chi connectivity index (χ0n) is 10.2. The summed E-state index contributed by atoms with van der Waals surface area (Å²) in [5, 5.41) is 11.8. The maximum Gasteiger partial charge on any atom is 0.0976 e. The van der Waals surface area contributed by atoms with Crippen molar-refractivity contribution in [2.45, 2.75) is 33.6 Å². The van der Waals surface area contributed by atoms with E-state index in [-0.39, 0.29) is 0 Å². The van der Waals surface area contributed by atoms with Crippen LogP contribution >= 0.6 is 0 Å². The SMILES string of the molecule is CC(=N\O)/C(C)=N/c1ccccc1C(C)C. The number of nitrogens with zero attached hydrogens (tertiary/aromatic N) is 2. The van der Waals surface area contributed by atoms with Gasteiger partial charge in [0.25, 0.3) is 0 Å². The first-order valence-electron chi connectivity index (χ1n) is 5.39. The van der Waals surface area contributed by atoms with Gasteiger partial charge in [-0.15, -0.1) is 0 Å². The van der Waals surface area contributed by atoms with E-state index in [9.17, 15) is 0 Å². The number of benzene rings is 1. The van der Waals surface area contributed by atoms with Crippen LogP contribution in [-0.2, 0) is 0 Å². The molecule has 0 aromatic heterocycles. The molecule has 86 valence electrons. The lowest BCUT2D eigenvalue weighted by Crippen LogP contribution is -2.05. The van der Waals surface area contributed by atoms with E-state index in [2.05, 4.69) is 30.1 Å². The van der Waals surface area contributed by atoms with Crippen molar-refractivity contribution < 1.29 is 5.21 Å². The Bertz CT molecular complexity index is 420. The average molecular weight is 218 g/mol. The van der Waals surface area contributed by atoms with Crippen LogP contribution in [0.1, 0.15) is 39.2 Å². The molecule has 0 radical (unpaired) electrons. The van der Waals surface area contributed by atoms with E-state index in [1.807, 2.05) is 25.1 Å². The normalized spacial score (nSPS) is 13.3. The van der Waals surface area contributed by atoms with E-state index in [4.69, 9.17) is 5.21 Å². The van der Waals surface area contributed by atoms with Gasteiger partial charge in [0.2, 0.25) is 0 Å². The number of hydrogen-bond donors (Lipinski definition) is 1. The highest BCUT2D eigenvalue weighted by atomic mass is 16.4. The molecule has 0 aliphatic heterocycles. The molecule has 0 saturated heterocycles. The molecule has 1 aromatic carbocycles. The highest BCUT2D eigenvalue weighted by molar-refractivity contribution is 6.40. The van der Waals surface area contributed by atoms with Crippen molar-refractivity contribution in [2.24, 2.45) is 10.1 Å². The summed E-state index contributed by atoms with van der Waals surface area (Å²) in [5.41, 5.74) is 3.42. The predicted octanol–water partition coefficient (Wildman–Crippen LogP) is 3.75. The van der Waals surface area contributed by atoms with E-state index in [1.165, 1.54) is 5.56 Å². The summed E-state index contributed by atoms with van der Waals surface area (Å²) in [5.74, 6) is 0.430. The van der Waals surface area contributed by atoms with Crippen molar-refractivity contribution in [2.75, 3.05) is 0 Å². The first kappa shape index (κ1) is 12.4. The zero-order chi connectivity index (χ0) is 12.1. The molecule has 1 aromatic rings. The maximum absolute atomic E-state index is 8.67. The molecule has 0 bridgehead atoms. The lowest BCUT2D eigenvalue weighted by molar-refractivity contribution is 0.320. The Hall–Kier alpha value is -1.64. The molecule has 0 atom stereocenters. The van der Waals surface area contributed by atoms with E-state index >= 15 is 0 Å². The molecule has 3 nitrogen and oxygen atoms in total. The van der Waals surface area contributed by atoms with Gasteiger partial charge in [-0.2, -0.15) is 0 Å². The molecule has 0 heterocycles. The summed E-state index contributed by atoms with van der Waals surface area (Å²) in [6.07, 6.45) is 0. The smallest absolute Gasteiger partial charge is 0.0976 e. The summed E-state index contributed by atoms with van der Waals surface area (Å²) < 4.78 is 0. The van der Waals surface area contributed by atoms with E-state index in [0.29, 0.717) is 11.6 Å². The molecule has 0 aliphatic carbocycles. The van der Waals surface area contributed by atoms with Gasteiger partial charge in [-0.05, 0) is 31.4 Å². The Morgan fingerprint density at radius 3 is 2.31 bits per heavy atom. The van der Waals surface area contributed by atoms with Gasteiger partial charge in [-0.25, -0.2) is 0 Å². The van der Waals surface area contributed by atoms with Crippen LogP contribution in [0.4, 0.5) is 5.69 Å². The highest BCUT2D eigenvalue weighted by Crippen LogP contribution is 2.26. The molecule has 0 unspecified atom stereocenters. The van der Waals surface area contributed by atoms with Crippen LogP contribution in [0.5, 0.6) is 0 Å². The van der Waals surface area contributed by atoms with Crippen LogP contribution in [0, 0.1) is 0 Å². The van der Waals surface area contributed by atoms with Crippen molar-refractivity contribution in [3.63, 3.8) is 0 Å². The minimum atomic E-state index is 0.430. The van der Waals surface area contributed by atoms with Crippen LogP contribution in [0.2, 0.25) is 0 Å². The molecular weight excluding hydrogens is 200 g/mol. The van der Waals surface area contributed by atoms with E-state index in [1.54, 1.807) is 6.92 Å². The quantitative estimate of drug-likeness (QED) is 0.468. The van der Waals surface area contributed by atoms with Crippen LogP contribution in [-0.4, -0.2) is 16.6 Å². The standard InChI is InChI=1S/C13H18N2O/c1-9(2)12-7-5-6-8-13(12)14-10(3)11(4)15-16/h5-9,16H,1-4H3/b14-10+,15-11+. The van der Waals surface area contributed by atoms with Crippen molar-refractivity contribution >= 4 is 17.1 Å². The fourth-order valence-electron chi connectivity index (χ4n) is 1.41. The van der Waals surface area contributed by atoms with Gasteiger partial charge < -0.3 is 5.21 Å². The van der Waals surface area contributed by atoms with E-state index in [0.717, 1.165) is 11.4 Å². The molecule has 0 spiro atoms. The van der Waals surface area contributed by atoms with Crippen LogP contribution in [0.15, 0.2) is 34.4 Å². The third kappa shape index (κ3) is 2.92. The van der Waals surface area contributed by atoms with Crippen molar-refractivity contribution in [3.05, 3.63) is 29.8 Å². The summed E-state index contributed by atoms with van der Waals surface area (Å²) in [6.45, 7) is 7.84. The average Bonchev–Trinajstić information content (AvgIpc) is 2.28. The number of para-hydroxylation sites is 1. The second kappa shape index (κ2) is 5.45. The van der Waals surface area contributed by atoms with Gasteiger partial charge in [-0.3, -0.25) is 4.99 Å². The topological polar surface area (TPSA) is 45.0 Å². The van der Waals surface area contributed by atoms with Crippen LogP contribution in [0.3, 0.4) is 0 Å². The van der Waals surface area contributed by atoms with Gasteiger partial charge >= 0.3 is 0 Å². The Kier molecular flexibility index (Phi) is 4.23. The summed E-state index contributed by atoms with van der Waals surface area (Å²) in [4.78, 5) is 4.48. The number of hydrogen-bond acceptors (Lipinski definition) is 3. The minimum Gasteiger partial charge on any atom is -0.411 e. The number of oxime groups is 1. The third-order valence-electron chi connectivity index (χ3n) is 2.52. The second-order valence-corrected chi connectivity index (χ2v) is 4.10. The first-order valence-corrected chi connectivity index (χ1v) is 5.39. The third-order valence-corrected chi connectivity index (χ3v) is 2.52. The van der Waals surface area contributed by atoms with Gasteiger partial charge in [0, 0.05) is 0 Å². The number of rotatable bonds is 3. The van der Waals surface area contributed by atoms with Gasteiger partial charge in [0.05, 0.1) is 17.1 Å². The molecule has 16 heavy (non-hydrogen) atoms. The minimum absolute atomic E-state index is 0.430. The fraction of sp³-hybridized carbons (Fsp3) is 0.385. The molecular formula is C13H18N2O. The van der Waals surface area contributed by atoms with Gasteiger partial charge in [0.1, 0.15) is 0 Å². The van der Waals surface area contributed by atoms with Crippen molar-refractivity contribution in [1.82, 2.24) is 0 Å². The van der Waals surface area contributed by atoms with Crippen LogP contribution in [0.25, 0.3) is 0 Å². The lowest BCUT2D eigenvalue weighted by Gasteiger charge is -2.09. The second-order valence-electron chi connectivity index (χ2n) is 4.10. The van der Waals surface area contributed by atoms with Gasteiger partial charge in [0.15, 0.2) is 0 Å². The molecule has 0 aliphatic rings. The highest BCUT2D eigenvalue weighted by Gasteiger charge is 2.05. The van der Waals surface area contributed by atoms with Crippen molar-refractivity contribution in [1.29, 1.82) is 0 Å². The molecule has 3 heteroatoms. The Morgan fingerprint density at radius 1 is 1.12 bits per heavy atom. The largest absolute Gasteiger partial charge is 0.411 e. The zero-order valence-corrected chi connectivity index (χ0v) is 10.2. The molecule has 0 fully saturated rings. The Morgan fingerprint density at radius 2 is 1.75 bits per heavy atom. The molecule has 0 saturated carbocycles. The molecule has 1 N–H and O–H groups in total. The summed E-state index contributed by atoms with van der Waals surface area (Å²) >= 11 is 0. The first-order chi connectivity index (χ1) is 7.56. The Labute approximate surface area is 96.5 Å². The van der Waals surface area contributed by atoms with E-state index < -0.39 is 0 Å². The predicted molar refractivity (Wildman–Crippen MR) is 68.2 cm³/mol. The van der Waals surface area contributed by atoms with Gasteiger partial charge in [-0.1, -0.05) is 37.2 Å². The lowest BCUT2D eigenvalue weighted by atomic mass is 10.0. The maximum atomic E-state index is 8.67. The molecule has 1 rings (SSSR count). The monoisotopic (exact) mass is 218 g/mol. The Balaban J connectivity index is 3.15.